The van der Waals surface area contributed by atoms with E-state index in [9.17, 15) is 14.7 Å². The van der Waals surface area contributed by atoms with Gasteiger partial charge in [0.25, 0.3) is 5.91 Å². The van der Waals surface area contributed by atoms with E-state index in [1.807, 2.05) is 12.1 Å². The average Bonchev–Trinajstić information content (AvgIpc) is 2.89. The third kappa shape index (κ3) is 4.12. The lowest BCUT2D eigenvalue weighted by Gasteiger charge is -2.30. The second-order valence-electron chi connectivity index (χ2n) is 6.90. The Bertz CT molecular complexity index is 600. The molecule has 1 aliphatic heterocycles. The summed E-state index contributed by atoms with van der Waals surface area (Å²) in [5, 5.41) is 12.5. The van der Waals surface area contributed by atoms with Crippen LogP contribution in [0.25, 0.3) is 0 Å². The molecule has 0 atom stereocenters. The monoisotopic (exact) mass is 346 g/mol. The molecule has 1 aliphatic carbocycles. The Hall–Kier alpha value is -2.08. The van der Waals surface area contributed by atoms with E-state index in [0.717, 1.165) is 44.5 Å². The van der Waals surface area contributed by atoms with E-state index >= 15 is 0 Å². The molecule has 0 aromatic heterocycles. The van der Waals surface area contributed by atoms with Crippen molar-refractivity contribution in [2.75, 3.05) is 31.2 Å². The van der Waals surface area contributed by atoms with Crippen LogP contribution >= 0.6 is 0 Å². The minimum atomic E-state index is -1.13. The predicted molar refractivity (Wildman–Crippen MR) is 95.0 cm³/mol. The molecule has 1 aromatic rings. The Labute approximate surface area is 148 Å². The van der Waals surface area contributed by atoms with Crippen molar-refractivity contribution in [1.82, 2.24) is 5.32 Å². The van der Waals surface area contributed by atoms with Gasteiger partial charge in [0, 0.05) is 24.3 Å². The SMILES string of the molecule is O=C(NC1(C(=O)O)CCCCCC1)c1ccc(N2CCOCC2)cc1. The normalized spacial score (nSPS) is 20.6. The number of nitrogens with one attached hydrogen (secondary N) is 1. The first-order valence-electron chi connectivity index (χ1n) is 9.09. The van der Waals surface area contributed by atoms with Gasteiger partial charge in [-0.05, 0) is 37.1 Å². The van der Waals surface area contributed by atoms with E-state index < -0.39 is 11.5 Å². The molecule has 6 heteroatoms. The summed E-state index contributed by atoms with van der Waals surface area (Å²) in [6, 6.07) is 7.38. The first-order chi connectivity index (χ1) is 12.1. The van der Waals surface area contributed by atoms with Crippen LogP contribution in [0.15, 0.2) is 24.3 Å². The second kappa shape index (κ2) is 7.87. The van der Waals surface area contributed by atoms with Crippen molar-refractivity contribution >= 4 is 17.6 Å². The number of nitrogens with zero attached hydrogens (tertiary/aromatic N) is 1. The first kappa shape index (κ1) is 17.7. The van der Waals surface area contributed by atoms with Gasteiger partial charge in [0.2, 0.25) is 0 Å². The van der Waals surface area contributed by atoms with Gasteiger partial charge in [0.1, 0.15) is 5.54 Å². The van der Waals surface area contributed by atoms with Crippen LogP contribution in [-0.4, -0.2) is 48.8 Å². The summed E-state index contributed by atoms with van der Waals surface area (Å²) in [4.78, 5) is 26.7. The van der Waals surface area contributed by atoms with Crippen LogP contribution in [0.3, 0.4) is 0 Å². The van der Waals surface area contributed by atoms with Crippen LogP contribution in [-0.2, 0) is 9.53 Å². The summed E-state index contributed by atoms with van der Waals surface area (Å²) >= 11 is 0. The number of benzene rings is 1. The standard InChI is InChI=1S/C19H26N2O4/c22-17(20-19(18(23)24)9-3-1-2-4-10-19)15-5-7-16(8-6-15)21-11-13-25-14-12-21/h5-8H,1-4,9-14H2,(H,20,22)(H,23,24). The van der Waals surface area contributed by atoms with Gasteiger partial charge in [-0.25, -0.2) is 4.79 Å². The molecule has 1 saturated carbocycles. The molecule has 1 saturated heterocycles. The number of aliphatic carboxylic acids is 1. The van der Waals surface area contributed by atoms with Crippen molar-refractivity contribution in [3.05, 3.63) is 29.8 Å². The highest BCUT2D eigenvalue weighted by atomic mass is 16.5. The topological polar surface area (TPSA) is 78.9 Å². The molecule has 6 nitrogen and oxygen atoms in total. The molecule has 1 aromatic carbocycles. The van der Waals surface area contributed by atoms with Gasteiger partial charge in [-0.2, -0.15) is 0 Å². The number of hydrogen-bond donors (Lipinski definition) is 2. The number of carbonyl (C=O) groups is 2. The molecule has 2 N–H and O–H groups in total. The average molecular weight is 346 g/mol. The quantitative estimate of drug-likeness (QED) is 0.819. The maximum absolute atomic E-state index is 12.6. The van der Waals surface area contributed by atoms with Gasteiger partial charge in [0.05, 0.1) is 13.2 Å². The third-order valence-electron chi connectivity index (χ3n) is 5.23. The smallest absolute Gasteiger partial charge is 0.329 e. The number of ether oxygens (including phenoxy) is 1. The summed E-state index contributed by atoms with van der Waals surface area (Å²) in [6.07, 6.45) is 4.73. The van der Waals surface area contributed by atoms with Gasteiger partial charge >= 0.3 is 5.97 Å². The van der Waals surface area contributed by atoms with Crippen LogP contribution in [0, 0.1) is 0 Å². The van der Waals surface area contributed by atoms with Crippen molar-refractivity contribution in [1.29, 1.82) is 0 Å². The number of carbonyl (C=O) groups excluding carboxylic acids is 1. The van der Waals surface area contributed by atoms with Crippen LogP contribution in [0.2, 0.25) is 0 Å². The van der Waals surface area contributed by atoms with Crippen LogP contribution in [0.4, 0.5) is 5.69 Å². The van der Waals surface area contributed by atoms with E-state index in [2.05, 4.69) is 10.2 Å². The van der Waals surface area contributed by atoms with Crippen LogP contribution in [0.5, 0.6) is 0 Å². The number of morpholine rings is 1. The van der Waals surface area contributed by atoms with Crippen molar-refractivity contribution < 1.29 is 19.4 Å². The number of hydrogen-bond acceptors (Lipinski definition) is 4. The summed E-state index contributed by atoms with van der Waals surface area (Å²) in [6.45, 7) is 3.11. The largest absolute Gasteiger partial charge is 0.480 e. The molecule has 0 bridgehead atoms. The fraction of sp³-hybridized carbons (Fsp3) is 0.579. The lowest BCUT2D eigenvalue weighted by Crippen LogP contribution is -2.54. The minimum absolute atomic E-state index is 0.308. The fourth-order valence-corrected chi connectivity index (χ4v) is 3.66. The molecule has 0 spiro atoms. The molecule has 0 radical (unpaired) electrons. The number of carboxylic acids is 1. The Morgan fingerprint density at radius 1 is 1.00 bits per heavy atom. The molecule has 136 valence electrons. The molecule has 25 heavy (non-hydrogen) atoms. The van der Waals surface area contributed by atoms with E-state index in [1.165, 1.54) is 0 Å². The zero-order valence-corrected chi connectivity index (χ0v) is 14.5. The van der Waals surface area contributed by atoms with Crippen molar-refractivity contribution in [3.8, 4) is 0 Å². The predicted octanol–water partition coefficient (Wildman–Crippen LogP) is 2.43. The molecule has 1 amide bonds. The minimum Gasteiger partial charge on any atom is -0.480 e. The lowest BCUT2D eigenvalue weighted by atomic mass is 9.90. The maximum Gasteiger partial charge on any atom is 0.329 e. The lowest BCUT2D eigenvalue weighted by molar-refractivity contribution is -0.145. The van der Waals surface area contributed by atoms with Crippen LogP contribution < -0.4 is 10.2 Å². The number of amides is 1. The summed E-state index contributed by atoms with van der Waals surface area (Å²) in [5.41, 5.74) is 0.431. The van der Waals surface area contributed by atoms with Crippen LogP contribution in [0.1, 0.15) is 48.9 Å². The highest BCUT2D eigenvalue weighted by molar-refractivity contribution is 5.98. The Kier molecular flexibility index (Phi) is 5.58. The number of carboxylic acid groups (broad SMARTS) is 1. The Morgan fingerprint density at radius 2 is 1.60 bits per heavy atom. The highest BCUT2D eigenvalue weighted by Crippen LogP contribution is 2.28. The molecular weight excluding hydrogens is 320 g/mol. The second-order valence-corrected chi connectivity index (χ2v) is 6.90. The fourth-order valence-electron chi connectivity index (χ4n) is 3.66. The Balaban J connectivity index is 1.70. The van der Waals surface area contributed by atoms with E-state index in [1.54, 1.807) is 12.1 Å². The zero-order valence-electron chi connectivity index (χ0n) is 14.5. The third-order valence-corrected chi connectivity index (χ3v) is 5.23. The van der Waals surface area contributed by atoms with Gasteiger partial charge in [-0.15, -0.1) is 0 Å². The van der Waals surface area contributed by atoms with Gasteiger partial charge < -0.3 is 20.1 Å². The molecule has 3 rings (SSSR count). The van der Waals surface area contributed by atoms with E-state index in [-0.39, 0.29) is 5.91 Å². The van der Waals surface area contributed by atoms with Gasteiger partial charge in [0.15, 0.2) is 0 Å². The van der Waals surface area contributed by atoms with E-state index in [4.69, 9.17) is 4.74 Å². The van der Waals surface area contributed by atoms with Crippen molar-refractivity contribution in [2.45, 2.75) is 44.1 Å². The summed E-state index contributed by atoms with van der Waals surface area (Å²) < 4.78 is 5.35. The maximum atomic E-state index is 12.6. The molecule has 2 fully saturated rings. The van der Waals surface area contributed by atoms with Gasteiger partial charge in [-0.1, -0.05) is 25.7 Å². The highest BCUT2D eigenvalue weighted by Gasteiger charge is 2.40. The molecular formula is C19H26N2O4. The summed E-state index contributed by atoms with van der Waals surface area (Å²) in [5.74, 6) is -1.23. The van der Waals surface area contributed by atoms with Crippen molar-refractivity contribution in [3.63, 3.8) is 0 Å². The first-order valence-corrected chi connectivity index (χ1v) is 9.09. The molecule has 1 heterocycles. The van der Waals surface area contributed by atoms with Crippen molar-refractivity contribution in [2.24, 2.45) is 0 Å². The zero-order chi connectivity index (χ0) is 17.7. The van der Waals surface area contributed by atoms with Gasteiger partial charge in [-0.3, -0.25) is 4.79 Å². The number of rotatable bonds is 4. The van der Waals surface area contributed by atoms with E-state index in [0.29, 0.717) is 31.6 Å². The summed E-state index contributed by atoms with van der Waals surface area (Å²) in [7, 11) is 0. The number of anilines is 1. The Morgan fingerprint density at radius 3 is 2.16 bits per heavy atom. The molecule has 0 unspecified atom stereocenters. The molecule has 2 aliphatic rings.